The van der Waals surface area contributed by atoms with Gasteiger partial charge in [0.25, 0.3) is 0 Å². The van der Waals surface area contributed by atoms with Gasteiger partial charge in [-0.05, 0) is 0 Å². The fourth-order valence-electron chi connectivity index (χ4n) is 2.31. The molecule has 9 heteroatoms. The maximum absolute atomic E-state index is 13.0. The first kappa shape index (κ1) is 12.1. The van der Waals surface area contributed by atoms with Gasteiger partial charge in [-0.15, -0.1) is 0 Å². The second kappa shape index (κ2) is 3.09. The highest BCUT2D eigenvalue weighted by atomic mass is 19.3. The Morgan fingerprint density at radius 3 is 1.41 bits per heavy atom. The van der Waals surface area contributed by atoms with Crippen molar-refractivity contribution in [3.05, 3.63) is 0 Å². The first-order valence-corrected chi connectivity index (χ1v) is 4.49. The van der Waals surface area contributed by atoms with E-state index >= 15 is 0 Å². The van der Waals surface area contributed by atoms with E-state index in [0.29, 0.717) is 0 Å². The van der Waals surface area contributed by atoms with E-state index in [4.69, 9.17) is 10.2 Å². The van der Waals surface area contributed by atoms with Crippen molar-refractivity contribution in [2.75, 3.05) is 0 Å². The van der Waals surface area contributed by atoms with Crippen molar-refractivity contribution in [2.45, 2.75) is 24.1 Å². The SMILES string of the molecule is O=C(O)[C@H]1O[C@@H](C(=O)O)[C@@H]2[C@@H]1C(F)(F)C2(F)F. The van der Waals surface area contributed by atoms with Gasteiger partial charge in [-0.2, -0.15) is 17.6 Å². The van der Waals surface area contributed by atoms with Gasteiger partial charge in [0.1, 0.15) is 0 Å². The number of fused-ring (bicyclic) bond motifs is 1. The topological polar surface area (TPSA) is 83.8 Å². The third-order valence-corrected chi connectivity index (χ3v) is 3.10. The molecule has 0 aromatic heterocycles. The minimum Gasteiger partial charge on any atom is -0.479 e. The van der Waals surface area contributed by atoms with Crippen LogP contribution in [-0.2, 0) is 14.3 Å². The molecule has 1 saturated heterocycles. The number of hydrogen-bond acceptors (Lipinski definition) is 3. The van der Waals surface area contributed by atoms with Gasteiger partial charge in [-0.3, -0.25) is 0 Å². The quantitative estimate of drug-likeness (QED) is 0.702. The summed E-state index contributed by atoms with van der Waals surface area (Å²) in [6, 6.07) is 0. The number of ether oxygens (including phenoxy) is 1. The maximum atomic E-state index is 13.0. The van der Waals surface area contributed by atoms with Crippen molar-refractivity contribution in [2.24, 2.45) is 11.8 Å². The molecule has 0 aromatic rings. The fraction of sp³-hybridized carbons (Fsp3) is 0.750. The summed E-state index contributed by atoms with van der Waals surface area (Å²) in [6.45, 7) is 0. The molecule has 2 fully saturated rings. The van der Waals surface area contributed by atoms with Gasteiger partial charge in [0, 0.05) is 0 Å². The number of aliphatic carboxylic acids is 2. The lowest BCUT2D eigenvalue weighted by atomic mass is 9.63. The molecule has 96 valence electrons. The van der Waals surface area contributed by atoms with E-state index in [1.165, 1.54) is 0 Å². The minimum atomic E-state index is -4.56. The van der Waals surface area contributed by atoms with Gasteiger partial charge < -0.3 is 14.9 Å². The second-order valence-electron chi connectivity index (χ2n) is 3.95. The van der Waals surface area contributed by atoms with Crippen LogP contribution in [0.15, 0.2) is 0 Å². The molecule has 2 aliphatic rings. The van der Waals surface area contributed by atoms with Crippen molar-refractivity contribution in [3.8, 4) is 0 Å². The Morgan fingerprint density at radius 2 is 1.18 bits per heavy atom. The van der Waals surface area contributed by atoms with E-state index in [-0.39, 0.29) is 0 Å². The number of carboxylic acid groups (broad SMARTS) is 2. The summed E-state index contributed by atoms with van der Waals surface area (Å²) in [5.41, 5.74) is 0. The van der Waals surface area contributed by atoms with Crippen molar-refractivity contribution in [1.82, 2.24) is 0 Å². The van der Waals surface area contributed by atoms with Crippen molar-refractivity contribution in [1.29, 1.82) is 0 Å². The molecule has 1 saturated carbocycles. The normalized spacial score (nSPS) is 41.4. The van der Waals surface area contributed by atoms with Crippen LogP contribution < -0.4 is 0 Å². The van der Waals surface area contributed by atoms with Gasteiger partial charge in [0.05, 0.1) is 11.8 Å². The summed E-state index contributed by atoms with van der Waals surface area (Å²) >= 11 is 0. The Bertz CT molecular complexity index is 359. The zero-order valence-corrected chi connectivity index (χ0v) is 7.94. The third-order valence-electron chi connectivity index (χ3n) is 3.10. The molecule has 0 aromatic carbocycles. The predicted molar refractivity (Wildman–Crippen MR) is 40.8 cm³/mol. The van der Waals surface area contributed by atoms with Gasteiger partial charge in [0.2, 0.25) is 0 Å². The average molecular weight is 258 g/mol. The van der Waals surface area contributed by atoms with Crippen molar-refractivity contribution < 1.29 is 42.1 Å². The Morgan fingerprint density at radius 1 is 0.882 bits per heavy atom. The van der Waals surface area contributed by atoms with Crippen LogP contribution in [0.1, 0.15) is 0 Å². The highest BCUT2D eigenvalue weighted by Crippen LogP contribution is 2.65. The first-order chi connectivity index (χ1) is 7.62. The van der Waals surface area contributed by atoms with Gasteiger partial charge in [-0.1, -0.05) is 0 Å². The molecular formula is C8H6F4O5. The molecule has 5 nitrogen and oxygen atoms in total. The van der Waals surface area contributed by atoms with Gasteiger partial charge in [0.15, 0.2) is 12.2 Å². The molecule has 2 N–H and O–H groups in total. The average Bonchev–Trinajstić information content (AvgIpc) is 2.56. The molecule has 0 amide bonds. The molecule has 17 heavy (non-hydrogen) atoms. The minimum absolute atomic E-state index is 1.88. The maximum Gasteiger partial charge on any atom is 0.333 e. The Labute approximate surface area is 91.0 Å². The van der Waals surface area contributed by atoms with Crippen LogP contribution in [0.3, 0.4) is 0 Å². The highest BCUT2D eigenvalue weighted by molar-refractivity contribution is 5.79. The molecule has 1 aliphatic heterocycles. The number of halogens is 4. The van der Waals surface area contributed by atoms with Crippen LogP contribution in [0.4, 0.5) is 17.6 Å². The van der Waals surface area contributed by atoms with Crippen molar-refractivity contribution >= 4 is 11.9 Å². The lowest BCUT2D eigenvalue weighted by molar-refractivity contribution is -0.347. The van der Waals surface area contributed by atoms with E-state index < -0.39 is 47.8 Å². The Kier molecular flexibility index (Phi) is 2.20. The lowest BCUT2D eigenvalue weighted by Crippen LogP contribution is -2.69. The third kappa shape index (κ3) is 1.22. The summed E-state index contributed by atoms with van der Waals surface area (Å²) in [5, 5.41) is 17.1. The van der Waals surface area contributed by atoms with E-state index in [0.717, 1.165) is 0 Å². The molecule has 0 spiro atoms. The fourth-order valence-corrected chi connectivity index (χ4v) is 2.31. The summed E-state index contributed by atoms with van der Waals surface area (Å²) in [6.07, 6.45) is -4.45. The second-order valence-corrected chi connectivity index (χ2v) is 3.95. The number of carboxylic acids is 2. The molecule has 4 atom stereocenters. The number of rotatable bonds is 2. The summed E-state index contributed by atoms with van der Waals surface area (Å²) in [7, 11) is 0. The molecule has 0 bridgehead atoms. The van der Waals surface area contributed by atoms with E-state index in [1.807, 2.05) is 0 Å². The zero-order valence-electron chi connectivity index (χ0n) is 7.94. The van der Waals surface area contributed by atoms with Crippen LogP contribution >= 0.6 is 0 Å². The van der Waals surface area contributed by atoms with Gasteiger partial charge in [-0.25, -0.2) is 9.59 Å². The molecule has 0 unspecified atom stereocenters. The molecule has 2 rings (SSSR count). The number of hydrogen-bond donors (Lipinski definition) is 2. The number of alkyl halides is 4. The molecule has 1 heterocycles. The van der Waals surface area contributed by atoms with Crippen molar-refractivity contribution in [3.63, 3.8) is 0 Å². The van der Waals surface area contributed by atoms with E-state index in [9.17, 15) is 27.2 Å². The number of carbonyl (C=O) groups is 2. The van der Waals surface area contributed by atoms with E-state index in [1.54, 1.807) is 0 Å². The van der Waals surface area contributed by atoms with Crippen LogP contribution in [0.2, 0.25) is 0 Å². The summed E-state index contributed by atoms with van der Waals surface area (Å²) < 4.78 is 56.4. The monoisotopic (exact) mass is 258 g/mol. The van der Waals surface area contributed by atoms with Crippen LogP contribution in [0.5, 0.6) is 0 Å². The molecular weight excluding hydrogens is 252 g/mol. The van der Waals surface area contributed by atoms with E-state index in [2.05, 4.69) is 4.74 Å². The Hall–Kier alpha value is -1.38. The standard InChI is InChI=1S/C8H6F4O5/c9-7(10)1-2(8(7,11)12)4(6(15)16)17-3(1)5(13)14/h1-4H,(H,13,14)(H,15,16)/t1-,2-,3-,4+/m0/s1. The van der Waals surface area contributed by atoms with Crippen LogP contribution in [-0.4, -0.2) is 46.2 Å². The van der Waals surface area contributed by atoms with Gasteiger partial charge >= 0.3 is 23.8 Å². The zero-order chi connectivity index (χ0) is 13.2. The largest absolute Gasteiger partial charge is 0.479 e. The molecule has 0 radical (unpaired) electrons. The summed E-state index contributed by atoms with van der Waals surface area (Å²) in [4.78, 5) is 21.1. The predicted octanol–water partition coefficient (Wildman–Crippen LogP) is 0.440. The molecule has 1 aliphatic carbocycles. The first-order valence-electron chi connectivity index (χ1n) is 4.49. The smallest absolute Gasteiger partial charge is 0.333 e. The highest BCUT2D eigenvalue weighted by Gasteiger charge is 2.86. The summed E-state index contributed by atoms with van der Waals surface area (Å²) in [5.74, 6) is -17.5. The van der Waals surface area contributed by atoms with Crippen LogP contribution in [0.25, 0.3) is 0 Å². The van der Waals surface area contributed by atoms with Crippen LogP contribution in [0, 0.1) is 11.8 Å². The lowest BCUT2D eigenvalue weighted by Gasteiger charge is -2.48. The Balaban J connectivity index is 2.39.